The molecular weight excluding hydrogens is 258 g/mol. The van der Waals surface area contributed by atoms with Crippen LogP contribution in [0, 0.1) is 5.92 Å². The molecule has 2 N–H and O–H groups in total. The van der Waals surface area contributed by atoms with Gasteiger partial charge < -0.3 is 5.73 Å². The van der Waals surface area contributed by atoms with Gasteiger partial charge in [-0.1, -0.05) is 37.6 Å². The van der Waals surface area contributed by atoms with Crippen LogP contribution >= 0.6 is 0 Å². The van der Waals surface area contributed by atoms with Gasteiger partial charge in [-0.25, -0.2) is 8.78 Å². The summed E-state index contributed by atoms with van der Waals surface area (Å²) in [4.78, 5) is 2.41. The molecule has 0 bridgehead atoms. The molecule has 20 heavy (non-hydrogen) atoms. The Kier molecular flexibility index (Phi) is 5.49. The highest BCUT2D eigenvalue weighted by Crippen LogP contribution is 2.29. The van der Waals surface area contributed by atoms with Gasteiger partial charge in [-0.3, -0.25) is 4.90 Å². The van der Waals surface area contributed by atoms with Crippen LogP contribution in [-0.4, -0.2) is 24.5 Å². The smallest absolute Gasteiger partial charge is 0.263 e. The number of benzene rings is 1. The van der Waals surface area contributed by atoms with Crippen LogP contribution in [0.4, 0.5) is 8.78 Å². The standard InChI is InChI=1S/C16H24F2N2/c1-2-12-4-3-9-20(11-12)15(10-19)13-5-7-14(8-6-13)16(17)18/h5-8,12,15-16H,2-4,9-11,19H2,1H3. The summed E-state index contributed by atoms with van der Waals surface area (Å²) in [6, 6.07) is 6.79. The number of hydrogen-bond acceptors (Lipinski definition) is 2. The van der Waals surface area contributed by atoms with Crippen molar-refractivity contribution in [2.24, 2.45) is 11.7 Å². The summed E-state index contributed by atoms with van der Waals surface area (Å²) in [5.74, 6) is 0.734. The van der Waals surface area contributed by atoms with E-state index in [2.05, 4.69) is 11.8 Å². The van der Waals surface area contributed by atoms with E-state index in [1.165, 1.54) is 31.4 Å². The van der Waals surface area contributed by atoms with Gasteiger partial charge >= 0.3 is 0 Å². The van der Waals surface area contributed by atoms with Crippen molar-refractivity contribution in [2.75, 3.05) is 19.6 Å². The highest BCUT2D eigenvalue weighted by atomic mass is 19.3. The number of nitrogens with zero attached hydrogens (tertiary/aromatic N) is 1. The summed E-state index contributed by atoms with van der Waals surface area (Å²) in [5, 5.41) is 0. The van der Waals surface area contributed by atoms with Gasteiger partial charge in [0.1, 0.15) is 0 Å². The monoisotopic (exact) mass is 282 g/mol. The molecule has 2 atom stereocenters. The fraction of sp³-hybridized carbons (Fsp3) is 0.625. The molecule has 2 rings (SSSR count). The van der Waals surface area contributed by atoms with Gasteiger partial charge in [-0.2, -0.15) is 0 Å². The topological polar surface area (TPSA) is 29.3 Å². The van der Waals surface area contributed by atoms with Crippen LogP contribution in [0.2, 0.25) is 0 Å². The molecule has 0 radical (unpaired) electrons. The number of halogens is 2. The maximum absolute atomic E-state index is 12.6. The lowest BCUT2D eigenvalue weighted by Crippen LogP contribution is -2.40. The van der Waals surface area contributed by atoms with Crippen molar-refractivity contribution in [3.8, 4) is 0 Å². The van der Waals surface area contributed by atoms with E-state index in [-0.39, 0.29) is 11.6 Å². The number of hydrogen-bond donors (Lipinski definition) is 1. The molecule has 1 aliphatic rings. The van der Waals surface area contributed by atoms with Crippen LogP contribution < -0.4 is 5.73 Å². The summed E-state index contributed by atoms with van der Waals surface area (Å²) in [6.45, 7) is 4.87. The number of alkyl halides is 2. The van der Waals surface area contributed by atoms with Gasteiger partial charge in [-0.15, -0.1) is 0 Å². The van der Waals surface area contributed by atoms with Gasteiger partial charge in [0.05, 0.1) is 0 Å². The first-order valence-electron chi connectivity index (χ1n) is 7.47. The summed E-state index contributed by atoms with van der Waals surface area (Å²) >= 11 is 0. The second-order valence-electron chi connectivity index (χ2n) is 5.63. The van der Waals surface area contributed by atoms with E-state index in [0.717, 1.165) is 24.6 Å². The van der Waals surface area contributed by atoms with E-state index >= 15 is 0 Å². The molecule has 1 aliphatic heterocycles. The van der Waals surface area contributed by atoms with Crippen molar-refractivity contribution in [3.63, 3.8) is 0 Å². The first-order chi connectivity index (χ1) is 9.65. The Morgan fingerprint density at radius 2 is 1.90 bits per heavy atom. The number of rotatable bonds is 5. The summed E-state index contributed by atoms with van der Waals surface area (Å²) in [5.41, 5.74) is 7.06. The van der Waals surface area contributed by atoms with Gasteiger partial charge in [0.15, 0.2) is 0 Å². The molecule has 4 heteroatoms. The molecule has 0 saturated carbocycles. The van der Waals surface area contributed by atoms with E-state index in [9.17, 15) is 8.78 Å². The Balaban J connectivity index is 2.10. The summed E-state index contributed by atoms with van der Waals surface area (Å²) in [7, 11) is 0. The minimum atomic E-state index is -2.40. The Hall–Kier alpha value is -1.00. The van der Waals surface area contributed by atoms with E-state index in [1.807, 2.05) is 0 Å². The van der Waals surface area contributed by atoms with Crippen LogP contribution in [0.3, 0.4) is 0 Å². The Morgan fingerprint density at radius 1 is 1.25 bits per heavy atom. The average Bonchev–Trinajstić information content (AvgIpc) is 2.49. The lowest BCUT2D eigenvalue weighted by molar-refractivity contribution is 0.124. The molecule has 2 nitrogen and oxygen atoms in total. The van der Waals surface area contributed by atoms with Crippen LogP contribution in [0.1, 0.15) is 49.8 Å². The van der Waals surface area contributed by atoms with Crippen molar-refractivity contribution in [1.29, 1.82) is 0 Å². The third-order valence-electron chi connectivity index (χ3n) is 4.37. The van der Waals surface area contributed by atoms with E-state index in [0.29, 0.717) is 6.54 Å². The van der Waals surface area contributed by atoms with Crippen molar-refractivity contribution in [2.45, 2.75) is 38.7 Å². The van der Waals surface area contributed by atoms with E-state index in [1.54, 1.807) is 12.1 Å². The number of nitrogens with two attached hydrogens (primary N) is 1. The molecule has 0 aromatic heterocycles. The molecular formula is C16H24F2N2. The predicted octanol–water partition coefficient (Wildman–Crippen LogP) is 3.75. The molecule has 1 aromatic rings. The third-order valence-corrected chi connectivity index (χ3v) is 4.37. The molecule has 0 amide bonds. The van der Waals surface area contributed by atoms with E-state index < -0.39 is 6.43 Å². The Bertz CT molecular complexity index is 405. The SMILES string of the molecule is CCC1CCCN(C(CN)c2ccc(C(F)F)cc2)C1. The molecule has 2 unspecified atom stereocenters. The number of likely N-dealkylation sites (tertiary alicyclic amines) is 1. The van der Waals surface area contributed by atoms with Crippen molar-refractivity contribution in [3.05, 3.63) is 35.4 Å². The van der Waals surface area contributed by atoms with Gasteiger partial charge in [-0.05, 0) is 30.9 Å². The van der Waals surface area contributed by atoms with Gasteiger partial charge in [0, 0.05) is 24.7 Å². The van der Waals surface area contributed by atoms with Crippen LogP contribution in [0.25, 0.3) is 0 Å². The zero-order valence-corrected chi connectivity index (χ0v) is 12.1. The maximum atomic E-state index is 12.6. The second kappa shape index (κ2) is 7.14. The second-order valence-corrected chi connectivity index (χ2v) is 5.63. The van der Waals surface area contributed by atoms with Crippen molar-refractivity contribution >= 4 is 0 Å². The van der Waals surface area contributed by atoms with Crippen LogP contribution in [0.15, 0.2) is 24.3 Å². The first kappa shape index (κ1) is 15.4. The van der Waals surface area contributed by atoms with Crippen molar-refractivity contribution < 1.29 is 8.78 Å². The number of piperidine rings is 1. The minimum Gasteiger partial charge on any atom is -0.329 e. The Labute approximate surface area is 120 Å². The van der Waals surface area contributed by atoms with Gasteiger partial charge in [0.25, 0.3) is 6.43 Å². The highest BCUT2D eigenvalue weighted by molar-refractivity contribution is 5.26. The van der Waals surface area contributed by atoms with Crippen molar-refractivity contribution in [1.82, 2.24) is 4.90 Å². The molecule has 1 fully saturated rings. The molecule has 0 aliphatic carbocycles. The zero-order chi connectivity index (χ0) is 14.5. The quantitative estimate of drug-likeness (QED) is 0.891. The summed E-state index contributed by atoms with van der Waals surface area (Å²) < 4.78 is 25.2. The van der Waals surface area contributed by atoms with E-state index in [4.69, 9.17) is 5.73 Å². The lowest BCUT2D eigenvalue weighted by atomic mass is 9.93. The fourth-order valence-electron chi connectivity index (χ4n) is 3.07. The molecule has 0 spiro atoms. The van der Waals surface area contributed by atoms with Crippen LogP contribution in [-0.2, 0) is 0 Å². The summed E-state index contributed by atoms with van der Waals surface area (Å²) in [6.07, 6.45) is 1.27. The highest BCUT2D eigenvalue weighted by Gasteiger charge is 2.25. The third kappa shape index (κ3) is 3.55. The fourth-order valence-corrected chi connectivity index (χ4v) is 3.07. The molecule has 1 aromatic carbocycles. The first-order valence-corrected chi connectivity index (χ1v) is 7.47. The molecule has 112 valence electrons. The molecule has 1 heterocycles. The zero-order valence-electron chi connectivity index (χ0n) is 12.1. The largest absolute Gasteiger partial charge is 0.329 e. The normalized spacial score (nSPS) is 22.1. The molecule has 1 saturated heterocycles. The maximum Gasteiger partial charge on any atom is 0.263 e. The Morgan fingerprint density at radius 3 is 2.45 bits per heavy atom. The van der Waals surface area contributed by atoms with Crippen LogP contribution in [0.5, 0.6) is 0 Å². The van der Waals surface area contributed by atoms with Gasteiger partial charge in [0.2, 0.25) is 0 Å². The predicted molar refractivity (Wildman–Crippen MR) is 77.8 cm³/mol. The minimum absolute atomic E-state index is 0.0783. The average molecular weight is 282 g/mol. The lowest BCUT2D eigenvalue weighted by Gasteiger charge is -2.38.